The van der Waals surface area contributed by atoms with Crippen molar-refractivity contribution in [1.82, 2.24) is 5.32 Å². The summed E-state index contributed by atoms with van der Waals surface area (Å²) in [5, 5.41) is 13.3. The lowest BCUT2D eigenvalue weighted by molar-refractivity contribution is -0.123. The summed E-state index contributed by atoms with van der Waals surface area (Å²) >= 11 is 0. The molecular weight excluding hydrogens is 561 g/mol. The van der Waals surface area contributed by atoms with E-state index in [0.29, 0.717) is 6.42 Å². The predicted octanol–water partition coefficient (Wildman–Crippen LogP) is 10.1. The van der Waals surface area contributed by atoms with E-state index in [1.807, 2.05) is 6.08 Å². The van der Waals surface area contributed by atoms with Crippen LogP contribution in [0.15, 0.2) is 12.2 Å². The van der Waals surface area contributed by atoms with E-state index in [-0.39, 0.29) is 5.91 Å². The van der Waals surface area contributed by atoms with Gasteiger partial charge in [-0.25, -0.2) is 4.57 Å². The normalized spacial score (nSPS) is 13.5. The van der Waals surface area contributed by atoms with Gasteiger partial charge in [0.05, 0.1) is 18.8 Å². The molecule has 0 heterocycles. The molecule has 0 bridgehead atoms. The molecule has 0 aliphatic rings. The summed E-state index contributed by atoms with van der Waals surface area (Å²) < 4.78 is 15.8. The fraction of sp³-hybridized carbons (Fsp3) is 0.914. The van der Waals surface area contributed by atoms with E-state index in [1.165, 1.54) is 128 Å². The first kappa shape index (κ1) is 42.3. The maximum absolute atomic E-state index is 12.5. The van der Waals surface area contributed by atoms with Crippen LogP contribution in [0.2, 0.25) is 0 Å². The molecule has 43 heavy (non-hydrogen) atoms. The minimum Gasteiger partial charge on any atom is -0.387 e. The van der Waals surface area contributed by atoms with Gasteiger partial charge in [-0.15, -0.1) is 0 Å². The Morgan fingerprint density at radius 3 is 1.42 bits per heavy atom. The van der Waals surface area contributed by atoms with Crippen molar-refractivity contribution in [3.8, 4) is 0 Å². The van der Waals surface area contributed by atoms with Gasteiger partial charge in [-0.05, 0) is 19.3 Å². The number of carbonyl (C=O) groups is 1. The van der Waals surface area contributed by atoms with Gasteiger partial charge in [0, 0.05) is 6.42 Å². The maximum Gasteiger partial charge on any atom is 0.469 e. The van der Waals surface area contributed by atoms with Gasteiger partial charge >= 0.3 is 7.82 Å². The summed E-state index contributed by atoms with van der Waals surface area (Å²) in [5.74, 6) is -0.227. The van der Waals surface area contributed by atoms with Crippen LogP contribution >= 0.6 is 7.82 Å². The Balaban J connectivity index is 4.05. The molecule has 2 atom stereocenters. The number of aliphatic hydroxyl groups is 1. The maximum atomic E-state index is 12.5. The molecule has 0 aromatic heterocycles. The first-order chi connectivity index (χ1) is 20.8. The van der Waals surface area contributed by atoms with Gasteiger partial charge in [0.1, 0.15) is 0 Å². The second-order valence-electron chi connectivity index (χ2n) is 12.5. The number of phosphoric acid groups is 1. The Kier molecular flexibility index (Phi) is 30.7. The molecule has 0 saturated heterocycles. The molecular formula is C35H70NO6P. The lowest BCUT2D eigenvalue weighted by Crippen LogP contribution is -2.45. The first-order valence-electron chi connectivity index (χ1n) is 18.1. The summed E-state index contributed by atoms with van der Waals surface area (Å²) in [6.07, 6.45) is 35.1. The molecule has 7 nitrogen and oxygen atoms in total. The van der Waals surface area contributed by atoms with Gasteiger partial charge in [-0.2, -0.15) is 0 Å². The number of amides is 1. The molecule has 1 amide bonds. The molecule has 0 aromatic carbocycles. The SMILES string of the molecule is CCCCCCCCCCCCCCC/C=C/[C@@H](O)[C@H](COP(=O)(O)O)NC(=O)CCCCCCCCCCCCCC. The van der Waals surface area contributed by atoms with Crippen LogP contribution in [0.4, 0.5) is 0 Å². The average molecular weight is 632 g/mol. The van der Waals surface area contributed by atoms with Gasteiger partial charge < -0.3 is 20.2 Å². The van der Waals surface area contributed by atoms with Gasteiger partial charge in [-0.3, -0.25) is 9.32 Å². The molecule has 0 unspecified atom stereocenters. The van der Waals surface area contributed by atoms with Crippen LogP contribution in [0.3, 0.4) is 0 Å². The highest BCUT2D eigenvalue weighted by atomic mass is 31.2. The Morgan fingerprint density at radius 1 is 0.651 bits per heavy atom. The summed E-state index contributed by atoms with van der Waals surface area (Å²) in [5.41, 5.74) is 0. The zero-order chi connectivity index (χ0) is 31.9. The van der Waals surface area contributed by atoms with Gasteiger partial charge in [-0.1, -0.05) is 174 Å². The lowest BCUT2D eigenvalue weighted by atomic mass is 10.0. The Labute approximate surface area is 265 Å². The Hall–Kier alpha value is -0.720. The standard InChI is InChI=1S/C35H70NO6P/c1-3-5-7-9-11-13-15-17-18-19-20-22-24-26-28-30-34(37)33(32-42-43(39,40)41)36-35(38)31-29-27-25-23-21-16-14-12-10-8-6-4-2/h28,30,33-34,37H,3-27,29,31-32H2,1-2H3,(H,36,38)(H2,39,40,41)/b30-28+/t33-,34+/m0/s1. The minimum atomic E-state index is -4.70. The summed E-state index contributed by atoms with van der Waals surface area (Å²) in [6.45, 7) is 4.05. The molecule has 0 aromatic rings. The van der Waals surface area contributed by atoms with Crippen molar-refractivity contribution in [3.05, 3.63) is 12.2 Å². The molecule has 0 spiro atoms. The number of hydrogen-bond acceptors (Lipinski definition) is 4. The van der Waals surface area contributed by atoms with E-state index in [0.717, 1.165) is 38.5 Å². The third kappa shape index (κ3) is 32.5. The highest BCUT2D eigenvalue weighted by Crippen LogP contribution is 2.35. The number of aliphatic hydroxyl groups excluding tert-OH is 1. The molecule has 4 N–H and O–H groups in total. The Bertz CT molecular complexity index is 683. The van der Waals surface area contributed by atoms with E-state index in [9.17, 15) is 14.5 Å². The summed E-state index contributed by atoms with van der Waals surface area (Å²) in [7, 11) is -4.70. The molecule has 0 saturated carbocycles. The molecule has 0 fully saturated rings. The molecule has 8 heteroatoms. The number of hydrogen-bond donors (Lipinski definition) is 4. The van der Waals surface area contributed by atoms with Gasteiger partial charge in [0.15, 0.2) is 0 Å². The largest absolute Gasteiger partial charge is 0.469 e. The lowest BCUT2D eigenvalue weighted by Gasteiger charge is -2.22. The van der Waals surface area contributed by atoms with Crippen molar-refractivity contribution in [3.63, 3.8) is 0 Å². The number of phosphoric ester groups is 1. The van der Waals surface area contributed by atoms with Crippen LogP contribution in [0, 0.1) is 0 Å². The third-order valence-corrected chi connectivity index (χ3v) is 8.73. The van der Waals surface area contributed by atoms with Crippen molar-refractivity contribution in [2.75, 3.05) is 6.61 Å². The molecule has 256 valence electrons. The molecule has 0 aliphatic carbocycles. The zero-order valence-electron chi connectivity index (χ0n) is 28.1. The third-order valence-electron chi connectivity index (χ3n) is 8.25. The second kappa shape index (κ2) is 31.3. The monoisotopic (exact) mass is 631 g/mol. The van der Waals surface area contributed by atoms with Crippen LogP contribution < -0.4 is 5.32 Å². The number of allylic oxidation sites excluding steroid dienone is 1. The highest BCUT2D eigenvalue weighted by Gasteiger charge is 2.24. The van der Waals surface area contributed by atoms with E-state index in [4.69, 9.17) is 9.79 Å². The van der Waals surface area contributed by atoms with Crippen LogP contribution in [0.1, 0.15) is 187 Å². The molecule has 0 radical (unpaired) electrons. The van der Waals surface area contributed by atoms with Crippen molar-refractivity contribution < 1.29 is 28.8 Å². The molecule has 0 rings (SSSR count). The van der Waals surface area contributed by atoms with Gasteiger partial charge in [0.25, 0.3) is 0 Å². The van der Waals surface area contributed by atoms with Crippen molar-refractivity contribution >= 4 is 13.7 Å². The Morgan fingerprint density at radius 2 is 1.02 bits per heavy atom. The second-order valence-corrected chi connectivity index (χ2v) is 13.8. The van der Waals surface area contributed by atoms with Crippen molar-refractivity contribution in [2.24, 2.45) is 0 Å². The zero-order valence-corrected chi connectivity index (χ0v) is 29.0. The van der Waals surface area contributed by atoms with Crippen LogP contribution in [-0.4, -0.2) is 39.6 Å². The van der Waals surface area contributed by atoms with E-state index < -0.39 is 26.6 Å². The fourth-order valence-electron chi connectivity index (χ4n) is 5.46. The summed E-state index contributed by atoms with van der Waals surface area (Å²) in [6, 6.07) is -0.902. The smallest absolute Gasteiger partial charge is 0.387 e. The first-order valence-corrected chi connectivity index (χ1v) is 19.7. The topological polar surface area (TPSA) is 116 Å². The number of unbranched alkanes of at least 4 members (excludes halogenated alkanes) is 24. The van der Waals surface area contributed by atoms with Crippen LogP contribution in [0.25, 0.3) is 0 Å². The van der Waals surface area contributed by atoms with E-state index in [1.54, 1.807) is 6.08 Å². The van der Waals surface area contributed by atoms with Crippen molar-refractivity contribution in [1.29, 1.82) is 0 Å². The average Bonchev–Trinajstić information content (AvgIpc) is 2.97. The van der Waals surface area contributed by atoms with Crippen molar-refractivity contribution in [2.45, 2.75) is 199 Å². The minimum absolute atomic E-state index is 0.227. The predicted molar refractivity (Wildman–Crippen MR) is 181 cm³/mol. The summed E-state index contributed by atoms with van der Waals surface area (Å²) in [4.78, 5) is 30.7. The number of carbonyl (C=O) groups excluding carboxylic acids is 1. The molecule has 0 aliphatic heterocycles. The number of rotatable bonds is 33. The number of nitrogens with one attached hydrogen (secondary N) is 1. The quantitative estimate of drug-likeness (QED) is 0.0325. The van der Waals surface area contributed by atoms with Crippen LogP contribution in [-0.2, 0) is 13.9 Å². The van der Waals surface area contributed by atoms with E-state index in [2.05, 4.69) is 23.7 Å². The van der Waals surface area contributed by atoms with Crippen LogP contribution in [0.5, 0.6) is 0 Å². The highest BCUT2D eigenvalue weighted by molar-refractivity contribution is 7.46. The van der Waals surface area contributed by atoms with E-state index >= 15 is 0 Å². The fourth-order valence-corrected chi connectivity index (χ4v) is 5.81. The van der Waals surface area contributed by atoms with Gasteiger partial charge in [0.2, 0.25) is 5.91 Å².